The standard InChI is InChI=1S/C26H38N6O8/c1-14(33)22(26(39)40)32-25(38)20(12-15-13-29-18-8-3-2-6-16(15)18)31-24(37)19(9-10-21(34)35)30-23(36)17(28)7-4-5-11-27/h2-3,6,8,13-14,17,19-20,22,29,33H,4-5,7,9-12,27-28H2,1H3,(H,30,36)(H,31,37)(H,32,38)(H,34,35)(H,39,40). The molecule has 0 fully saturated rings. The van der Waals surface area contributed by atoms with E-state index in [1.165, 1.54) is 6.92 Å². The number of carbonyl (C=O) groups excluding carboxylic acids is 3. The number of para-hydroxylation sites is 1. The number of H-pyrrole nitrogens is 1. The largest absolute Gasteiger partial charge is 0.481 e. The number of hydrogen-bond acceptors (Lipinski definition) is 8. The summed E-state index contributed by atoms with van der Waals surface area (Å²) in [5, 5.41) is 36.4. The van der Waals surface area contributed by atoms with Gasteiger partial charge < -0.3 is 47.7 Å². The fourth-order valence-electron chi connectivity index (χ4n) is 4.10. The molecule has 0 saturated heterocycles. The molecule has 1 heterocycles. The Morgan fingerprint density at radius 2 is 1.57 bits per heavy atom. The summed E-state index contributed by atoms with van der Waals surface area (Å²) in [5.74, 6) is -5.09. The van der Waals surface area contributed by atoms with E-state index in [-0.39, 0.29) is 12.8 Å². The number of unbranched alkanes of at least 4 members (excludes halogenated alkanes) is 1. The number of aromatic amines is 1. The molecule has 0 aliphatic heterocycles. The molecular formula is C26H38N6O8. The monoisotopic (exact) mass is 562 g/mol. The van der Waals surface area contributed by atoms with Crippen molar-refractivity contribution in [3.8, 4) is 0 Å². The van der Waals surface area contributed by atoms with Crippen molar-refractivity contribution in [2.75, 3.05) is 6.54 Å². The summed E-state index contributed by atoms with van der Waals surface area (Å²) in [6, 6.07) is 1.93. The first-order valence-electron chi connectivity index (χ1n) is 13.0. The molecule has 40 heavy (non-hydrogen) atoms. The molecule has 14 heteroatoms. The van der Waals surface area contributed by atoms with Gasteiger partial charge in [-0.2, -0.15) is 0 Å². The minimum atomic E-state index is -1.65. The number of aromatic nitrogens is 1. The van der Waals surface area contributed by atoms with Crippen LogP contribution in [0.4, 0.5) is 0 Å². The lowest BCUT2D eigenvalue weighted by Crippen LogP contribution is -2.58. The van der Waals surface area contributed by atoms with Gasteiger partial charge in [-0.05, 0) is 44.4 Å². The third-order valence-corrected chi connectivity index (χ3v) is 6.36. The lowest BCUT2D eigenvalue weighted by Gasteiger charge is -2.25. The van der Waals surface area contributed by atoms with E-state index >= 15 is 0 Å². The SMILES string of the molecule is CC(O)C(NC(=O)C(Cc1c[nH]c2ccccc12)NC(=O)C(CCC(=O)O)NC(=O)C(N)CCCCN)C(=O)O. The van der Waals surface area contributed by atoms with Crippen molar-refractivity contribution in [1.29, 1.82) is 0 Å². The van der Waals surface area contributed by atoms with Crippen molar-refractivity contribution in [3.05, 3.63) is 36.0 Å². The van der Waals surface area contributed by atoms with Crippen LogP contribution >= 0.6 is 0 Å². The van der Waals surface area contributed by atoms with Gasteiger partial charge >= 0.3 is 11.9 Å². The van der Waals surface area contributed by atoms with E-state index in [4.69, 9.17) is 16.6 Å². The number of benzene rings is 1. The van der Waals surface area contributed by atoms with Gasteiger partial charge in [0.1, 0.15) is 12.1 Å². The summed E-state index contributed by atoms with van der Waals surface area (Å²) in [5.41, 5.74) is 12.8. The van der Waals surface area contributed by atoms with Gasteiger partial charge in [0.15, 0.2) is 6.04 Å². The molecule has 0 bridgehead atoms. The van der Waals surface area contributed by atoms with Crippen LogP contribution in [0.3, 0.4) is 0 Å². The smallest absolute Gasteiger partial charge is 0.328 e. The topological polar surface area (TPSA) is 250 Å². The number of nitrogens with one attached hydrogen (secondary N) is 4. The summed E-state index contributed by atoms with van der Waals surface area (Å²) in [4.78, 5) is 65.0. The number of carboxylic acids is 2. The number of aliphatic hydroxyl groups is 1. The zero-order chi connectivity index (χ0) is 29.8. The van der Waals surface area contributed by atoms with Gasteiger partial charge in [-0.3, -0.25) is 19.2 Å². The fourth-order valence-corrected chi connectivity index (χ4v) is 4.10. The van der Waals surface area contributed by atoms with Gasteiger partial charge in [0, 0.05) is 29.9 Å². The highest BCUT2D eigenvalue weighted by Gasteiger charge is 2.32. The molecule has 0 aliphatic carbocycles. The molecule has 11 N–H and O–H groups in total. The normalized spacial score (nSPS) is 14.9. The average Bonchev–Trinajstić information content (AvgIpc) is 3.31. The summed E-state index contributed by atoms with van der Waals surface area (Å²) in [6.07, 6.45) is 0.928. The Morgan fingerprint density at radius 3 is 2.20 bits per heavy atom. The Hall–Kier alpha value is -4.01. The lowest BCUT2D eigenvalue weighted by molar-refractivity contribution is -0.145. The molecule has 0 radical (unpaired) electrons. The molecule has 14 nitrogen and oxygen atoms in total. The van der Waals surface area contributed by atoms with Crippen molar-refractivity contribution < 1.29 is 39.3 Å². The maximum Gasteiger partial charge on any atom is 0.328 e. The molecule has 3 amide bonds. The van der Waals surface area contributed by atoms with Crippen LogP contribution in [0, 0.1) is 0 Å². The third kappa shape index (κ3) is 9.63. The van der Waals surface area contributed by atoms with Crippen LogP contribution in [-0.2, 0) is 30.4 Å². The zero-order valence-electron chi connectivity index (χ0n) is 22.3. The molecule has 2 aromatic rings. The first kappa shape index (κ1) is 32.2. The molecule has 5 unspecified atom stereocenters. The van der Waals surface area contributed by atoms with Crippen LogP contribution in [-0.4, -0.2) is 86.8 Å². The zero-order valence-corrected chi connectivity index (χ0v) is 22.3. The van der Waals surface area contributed by atoms with Crippen molar-refractivity contribution in [3.63, 3.8) is 0 Å². The van der Waals surface area contributed by atoms with Crippen molar-refractivity contribution in [2.45, 2.75) is 75.7 Å². The van der Waals surface area contributed by atoms with Crippen molar-refractivity contribution in [1.82, 2.24) is 20.9 Å². The maximum absolute atomic E-state index is 13.3. The Kier molecular flexibility index (Phi) is 12.5. The Labute approximate surface area is 230 Å². The Balaban J connectivity index is 2.30. The highest BCUT2D eigenvalue weighted by atomic mass is 16.4. The highest BCUT2D eigenvalue weighted by Crippen LogP contribution is 2.19. The van der Waals surface area contributed by atoms with Gasteiger partial charge in [0.05, 0.1) is 12.1 Å². The predicted octanol–water partition coefficient (Wildman–Crippen LogP) is -1.05. The summed E-state index contributed by atoms with van der Waals surface area (Å²) < 4.78 is 0. The first-order chi connectivity index (χ1) is 18.9. The summed E-state index contributed by atoms with van der Waals surface area (Å²) in [6.45, 7) is 1.62. The van der Waals surface area contributed by atoms with Gasteiger partial charge in [-0.25, -0.2) is 4.79 Å². The van der Waals surface area contributed by atoms with Crippen LogP contribution in [0.15, 0.2) is 30.5 Å². The van der Waals surface area contributed by atoms with E-state index in [0.29, 0.717) is 31.4 Å². The number of fused-ring (bicyclic) bond motifs is 1. The number of amides is 3. The predicted molar refractivity (Wildman–Crippen MR) is 145 cm³/mol. The highest BCUT2D eigenvalue weighted by molar-refractivity contribution is 5.95. The minimum absolute atomic E-state index is 0.0774. The number of hydrogen-bond donors (Lipinski definition) is 9. The van der Waals surface area contributed by atoms with E-state index < -0.39 is 66.4 Å². The molecule has 2 rings (SSSR count). The van der Waals surface area contributed by atoms with E-state index in [0.717, 1.165) is 10.9 Å². The average molecular weight is 563 g/mol. The van der Waals surface area contributed by atoms with E-state index in [2.05, 4.69) is 20.9 Å². The number of nitrogens with two attached hydrogens (primary N) is 2. The van der Waals surface area contributed by atoms with Gasteiger partial charge in [-0.1, -0.05) is 24.6 Å². The maximum atomic E-state index is 13.3. The number of carbonyl (C=O) groups is 5. The fraction of sp³-hybridized carbons (Fsp3) is 0.500. The van der Waals surface area contributed by atoms with Crippen molar-refractivity contribution in [2.24, 2.45) is 11.5 Å². The number of aliphatic carboxylic acids is 2. The number of aliphatic hydroxyl groups excluding tert-OH is 1. The first-order valence-corrected chi connectivity index (χ1v) is 13.0. The number of rotatable bonds is 17. The quantitative estimate of drug-likeness (QED) is 0.106. The minimum Gasteiger partial charge on any atom is -0.481 e. The molecule has 1 aromatic heterocycles. The molecule has 1 aromatic carbocycles. The van der Waals surface area contributed by atoms with E-state index in [9.17, 15) is 34.2 Å². The second kappa shape index (κ2) is 15.5. The van der Waals surface area contributed by atoms with Gasteiger partial charge in [-0.15, -0.1) is 0 Å². The van der Waals surface area contributed by atoms with E-state index in [1.807, 2.05) is 12.1 Å². The summed E-state index contributed by atoms with van der Waals surface area (Å²) in [7, 11) is 0. The van der Waals surface area contributed by atoms with Crippen LogP contribution in [0.5, 0.6) is 0 Å². The van der Waals surface area contributed by atoms with Crippen LogP contribution in [0.2, 0.25) is 0 Å². The van der Waals surface area contributed by atoms with Crippen LogP contribution in [0.25, 0.3) is 10.9 Å². The lowest BCUT2D eigenvalue weighted by atomic mass is 10.0. The van der Waals surface area contributed by atoms with Crippen LogP contribution in [0.1, 0.15) is 44.6 Å². The Bertz CT molecular complexity index is 1180. The summed E-state index contributed by atoms with van der Waals surface area (Å²) >= 11 is 0. The number of carboxylic acid groups (broad SMARTS) is 2. The molecule has 0 aliphatic rings. The molecule has 0 spiro atoms. The third-order valence-electron chi connectivity index (χ3n) is 6.36. The van der Waals surface area contributed by atoms with Crippen LogP contribution < -0.4 is 27.4 Å². The molecule has 5 atom stereocenters. The van der Waals surface area contributed by atoms with E-state index in [1.54, 1.807) is 18.3 Å². The van der Waals surface area contributed by atoms with Gasteiger partial charge in [0.2, 0.25) is 17.7 Å². The Morgan fingerprint density at radius 1 is 0.925 bits per heavy atom. The second-order valence-electron chi connectivity index (χ2n) is 9.57. The molecular weight excluding hydrogens is 524 g/mol. The molecule has 220 valence electrons. The molecule has 0 saturated carbocycles. The second-order valence-corrected chi connectivity index (χ2v) is 9.57. The van der Waals surface area contributed by atoms with Crippen molar-refractivity contribution >= 4 is 40.6 Å². The van der Waals surface area contributed by atoms with Gasteiger partial charge in [0.25, 0.3) is 0 Å².